The summed E-state index contributed by atoms with van der Waals surface area (Å²) in [4.78, 5) is 8.62. The van der Waals surface area contributed by atoms with Gasteiger partial charge in [-0.3, -0.25) is 4.68 Å². The Morgan fingerprint density at radius 1 is 1.11 bits per heavy atom. The Balaban J connectivity index is 1.56. The van der Waals surface area contributed by atoms with Gasteiger partial charge in [-0.15, -0.1) is 0 Å². The molecule has 4 rings (SSSR count). The molecule has 0 N–H and O–H groups in total. The van der Waals surface area contributed by atoms with Crippen LogP contribution >= 0.6 is 11.6 Å². The van der Waals surface area contributed by atoms with Crippen molar-refractivity contribution in [2.75, 3.05) is 0 Å². The van der Waals surface area contributed by atoms with Crippen LogP contribution in [-0.4, -0.2) is 24.9 Å². The average molecular weight is 394 g/mol. The molecule has 0 bridgehead atoms. The minimum atomic E-state index is 0.402. The van der Waals surface area contributed by atoms with Crippen LogP contribution in [0.3, 0.4) is 0 Å². The summed E-state index contributed by atoms with van der Waals surface area (Å²) in [6.07, 6.45) is 1.74. The molecular weight excluding hydrogens is 374 g/mol. The summed E-state index contributed by atoms with van der Waals surface area (Å²) in [5, 5.41) is 9.19. The Hall–Kier alpha value is -2.99. The molecule has 0 radical (unpaired) electrons. The Morgan fingerprint density at radius 2 is 1.89 bits per heavy atom. The Morgan fingerprint density at radius 3 is 2.57 bits per heavy atom. The molecule has 0 aliphatic carbocycles. The summed E-state index contributed by atoms with van der Waals surface area (Å²) in [5.41, 5.74) is 4.85. The second kappa shape index (κ2) is 7.56. The van der Waals surface area contributed by atoms with Crippen molar-refractivity contribution >= 4 is 11.6 Å². The zero-order valence-corrected chi connectivity index (χ0v) is 16.7. The van der Waals surface area contributed by atoms with Gasteiger partial charge in [0.15, 0.2) is 5.69 Å². The van der Waals surface area contributed by atoms with Crippen molar-refractivity contribution in [1.82, 2.24) is 24.9 Å². The molecule has 3 heterocycles. The Kier molecular flexibility index (Phi) is 4.96. The first-order valence-electron chi connectivity index (χ1n) is 9.09. The van der Waals surface area contributed by atoms with Crippen LogP contribution in [0.25, 0.3) is 23.0 Å². The van der Waals surface area contributed by atoms with Crippen LogP contribution in [0.1, 0.15) is 36.6 Å². The predicted octanol–water partition coefficient (Wildman–Crippen LogP) is 5.13. The molecule has 0 saturated heterocycles. The number of hydrogen-bond donors (Lipinski definition) is 0. The highest BCUT2D eigenvalue weighted by molar-refractivity contribution is 6.29. The van der Waals surface area contributed by atoms with E-state index in [-0.39, 0.29) is 0 Å². The summed E-state index contributed by atoms with van der Waals surface area (Å²) < 4.78 is 7.33. The number of aryl methyl sites for hydroxylation is 1. The van der Waals surface area contributed by atoms with E-state index >= 15 is 0 Å². The quantitative estimate of drug-likeness (QED) is 0.439. The minimum absolute atomic E-state index is 0.402. The Bertz CT molecular complexity index is 1080. The van der Waals surface area contributed by atoms with E-state index < -0.39 is 0 Å². The van der Waals surface area contributed by atoms with E-state index in [1.807, 2.05) is 35.9 Å². The number of benzene rings is 1. The van der Waals surface area contributed by atoms with Crippen molar-refractivity contribution in [1.29, 1.82) is 0 Å². The second-order valence-corrected chi connectivity index (χ2v) is 7.40. The van der Waals surface area contributed by atoms with Crippen molar-refractivity contribution < 1.29 is 4.52 Å². The van der Waals surface area contributed by atoms with Crippen molar-refractivity contribution in [3.05, 3.63) is 70.6 Å². The second-order valence-electron chi connectivity index (χ2n) is 7.02. The van der Waals surface area contributed by atoms with Gasteiger partial charge in [-0.25, -0.2) is 4.98 Å². The summed E-state index contributed by atoms with van der Waals surface area (Å²) in [7, 11) is 0. The van der Waals surface area contributed by atoms with Gasteiger partial charge in [0.1, 0.15) is 5.15 Å². The van der Waals surface area contributed by atoms with Crippen LogP contribution in [0.5, 0.6) is 0 Å². The van der Waals surface area contributed by atoms with E-state index in [1.54, 1.807) is 12.3 Å². The maximum Gasteiger partial charge on any atom is 0.278 e. The first-order chi connectivity index (χ1) is 13.5. The molecule has 0 aliphatic heterocycles. The van der Waals surface area contributed by atoms with Crippen molar-refractivity contribution in [2.24, 2.45) is 0 Å². The molecule has 142 valence electrons. The smallest absolute Gasteiger partial charge is 0.278 e. The average Bonchev–Trinajstić information content (AvgIpc) is 3.31. The normalized spacial score (nSPS) is 11.3. The first kappa shape index (κ1) is 18.4. The standard InChI is InChI=1S/C21H20ClN5O/c1-13(2)16-5-7-17(8-6-16)20-24-21(28-26-20)18-10-14(3)27(25-18)12-15-4-9-19(22)23-11-15/h4-11,13H,12H2,1-3H3. The molecule has 0 unspecified atom stereocenters. The molecule has 7 heteroatoms. The fraction of sp³-hybridized carbons (Fsp3) is 0.238. The third-order valence-corrected chi connectivity index (χ3v) is 4.81. The van der Waals surface area contributed by atoms with Gasteiger partial charge >= 0.3 is 0 Å². The summed E-state index contributed by atoms with van der Waals surface area (Å²) in [5.74, 6) is 1.44. The van der Waals surface area contributed by atoms with Gasteiger partial charge in [-0.05, 0) is 36.1 Å². The van der Waals surface area contributed by atoms with Crippen LogP contribution in [0, 0.1) is 6.92 Å². The van der Waals surface area contributed by atoms with E-state index in [9.17, 15) is 0 Å². The van der Waals surface area contributed by atoms with Gasteiger partial charge in [-0.2, -0.15) is 10.1 Å². The predicted molar refractivity (Wildman–Crippen MR) is 108 cm³/mol. The third-order valence-electron chi connectivity index (χ3n) is 4.58. The van der Waals surface area contributed by atoms with Crippen molar-refractivity contribution in [3.8, 4) is 23.0 Å². The van der Waals surface area contributed by atoms with E-state index in [1.165, 1.54) is 5.56 Å². The fourth-order valence-corrected chi connectivity index (χ4v) is 3.02. The lowest BCUT2D eigenvalue weighted by atomic mass is 10.0. The van der Waals surface area contributed by atoms with E-state index in [0.29, 0.717) is 35.0 Å². The number of pyridine rings is 1. The van der Waals surface area contributed by atoms with Crippen LogP contribution in [-0.2, 0) is 6.54 Å². The van der Waals surface area contributed by atoms with Gasteiger partial charge in [0.25, 0.3) is 5.89 Å². The fourth-order valence-electron chi connectivity index (χ4n) is 2.91. The lowest BCUT2D eigenvalue weighted by Crippen LogP contribution is -2.04. The van der Waals surface area contributed by atoms with E-state index in [2.05, 4.69) is 46.2 Å². The SMILES string of the molecule is Cc1cc(-c2nc(-c3ccc(C(C)C)cc3)no2)nn1Cc1ccc(Cl)nc1. The van der Waals surface area contributed by atoms with Crippen LogP contribution in [0.15, 0.2) is 53.2 Å². The summed E-state index contributed by atoms with van der Waals surface area (Å²) >= 11 is 5.85. The zero-order valence-electron chi connectivity index (χ0n) is 15.9. The van der Waals surface area contributed by atoms with Crippen LogP contribution in [0.2, 0.25) is 5.15 Å². The minimum Gasteiger partial charge on any atom is -0.332 e. The molecule has 3 aromatic heterocycles. The van der Waals surface area contributed by atoms with Gasteiger partial charge in [0, 0.05) is 17.5 Å². The maximum absolute atomic E-state index is 5.85. The molecule has 0 aliphatic rings. The summed E-state index contributed by atoms with van der Waals surface area (Å²) in [6.45, 7) is 6.91. The number of nitrogens with zero attached hydrogens (tertiary/aromatic N) is 5. The van der Waals surface area contributed by atoms with Crippen LogP contribution < -0.4 is 0 Å². The van der Waals surface area contributed by atoms with Crippen molar-refractivity contribution in [3.63, 3.8) is 0 Å². The highest BCUT2D eigenvalue weighted by atomic mass is 35.5. The van der Waals surface area contributed by atoms with Crippen molar-refractivity contribution in [2.45, 2.75) is 33.2 Å². The number of halogens is 1. The van der Waals surface area contributed by atoms with E-state index in [4.69, 9.17) is 16.1 Å². The molecule has 0 spiro atoms. The molecular formula is C21H20ClN5O. The molecule has 0 atom stereocenters. The van der Waals surface area contributed by atoms with Gasteiger partial charge in [0.05, 0.1) is 6.54 Å². The summed E-state index contributed by atoms with van der Waals surface area (Å²) in [6, 6.07) is 13.8. The molecule has 1 aromatic carbocycles. The highest BCUT2D eigenvalue weighted by Crippen LogP contribution is 2.24. The third kappa shape index (κ3) is 3.82. The lowest BCUT2D eigenvalue weighted by Gasteiger charge is -2.04. The number of hydrogen-bond acceptors (Lipinski definition) is 5. The van der Waals surface area contributed by atoms with Gasteiger partial charge < -0.3 is 4.52 Å². The van der Waals surface area contributed by atoms with Gasteiger partial charge in [-0.1, -0.05) is 60.9 Å². The number of aromatic nitrogens is 5. The monoisotopic (exact) mass is 393 g/mol. The molecule has 6 nitrogen and oxygen atoms in total. The molecule has 0 fully saturated rings. The van der Waals surface area contributed by atoms with Gasteiger partial charge in [0.2, 0.25) is 5.82 Å². The molecule has 4 aromatic rings. The lowest BCUT2D eigenvalue weighted by molar-refractivity contribution is 0.430. The molecule has 0 amide bonds. The molecule has 0 saturated carbocycles. The van der Waals surface area contributed by atoms with Crippen LogP contribution in [0.4, 0.5) is 0 Å². The highest BCUT2D eigenvalue weighted by Gasteiger charge is 2.15. The maximum atomic E-state index is 5.85. The first-order valence-corrected chi connectivity index (χ1v) is 9.46. The molecule has 28 heavy (non-hydrogen) atoms. The zero-order chi connectivity index (χ0) is 19.7. The number of rotatable bonds is 5. The Labute approximate surface area is 168 Å². The van der Waals surface area contributed by atoms with E-state index in [0.717, 1.165) is 16.8 Å². The topological polar surface area (TPSA) is 69.6 Å². The largest absolute Gasteiger partial charge is 0.332 e.